The first-order chi connectivity index (χ1) is 11.1. The quantitative estimate of drug-likeness (QED) is 0.432. The van der Waals surface area contributed by atoms with E-state index in [-0.39, 0.29) is 5.57 Å². The summed E-state index contributed by atoms with van der Waals surface area (Å²) in [7, 11) is 1.55. The lowest BCUT2D eigenvalue weighted by molar-refractivity contribution is -0.117. The van der Waals surface area contributed by atoms with Crippen molar-refractivity contribution in [2.24, 2.45) is 5.92 Å². The van der Waals surface area contributed by atoms with Crippen molar-refractivity contribution in [1.82, 2.24) is 5.32 Å². The Bertz CT molecular complexity index is 557. The molecule has 1 rings (SSSR count). The van der Waals surface area contributed by atoms with E-state index in [0.29, 0.717) is 25.7 Å². The number of rotatable bonds is 9. The highest BCUT2D eigenvalue weighted by Crippen LogP contribution is 2.15. The molecule has 0 atom stereocenters. The molecule has 0 spiro atoms. The number of amides is 1. The summed E-state index contributed by atoms with van der Waals surface area (Å²) in [5.74, 6) is 0.986. The molecular weight excluding hydrogens is 292 g/mol. The van der Waals surface area contributed by atoms with Gasteiger partial charge in [0.05, 0.1) is 13.2 Å². The average molecular weight is 316 g/mol. The fourth-order valence-corrected chi connectivity index (χ4v) is 1.75. The Hall–Kier alpha value is -2.32. The molecular formula is C18H24N2O3. The number of carbonyl (C=O) groups excluding carboxylic acids is 1. The average Bonchev–Trinajstić information content (AvgIpc) is 2.53. The largest absolute Gasteiger partial charge is 0.494 e. The van der Waals surface area contributed by atoms with Crippen LogP contribution >= 0.6 is 0 Å². The summed E-state index contributed by atoms with van der Waals surface area (Å²) in [5, 5.41) is 11.7. The smallest absolute Gasteiger partial charge is 0.262 e. The minimum absolute atomic E-state index is 0.0644. The van der Waals surface area contributed by atoms with Gasteiger partial charge in [-0.1, -0.05) is 26.0 Å². The molecule has 0 aliphatic rings. The number of methoxy groups -OCH3 is 1. The highest BCUT2D eigenvalue weighted by atomic mass is 16.5. The number of benzene rings is 1. The number of hydrogen-bond acceptors (Lipinski definition) is 4. The monoisotopic (exact) mass is 316 g/mol. The van der Waals surface area contributed by atoms with E-state index in [9.17, 15) is 4.79 Å². The molecule has 1 N–H and O–H groups in total. The molecule has 0 aliphatic carbocycles. The minimum atomic E-state index is -0.401. The van der Waals surface area contributed by atoms with E-state index in [0.717, 1.165) is 17.7 Å². The SMILES string of the molecule is COCCNC(=O)/C(C#N)=C/c1ccc(OCCC(C)C)cc1. The molecule has 1 aromatic carbocycles. The van der Waals surface area contributed by atoms with Gasteiger partial charge in [0, 0.05) is 13.7 Å². The topological polar surface area (TPSA) is 71.3 Å². The molecule has 0 aromatic heterocycles. The van der Waals surface area contributed by atoms with E-state index >= 15 is 0 Å². The van der Waals surface area contributed by atoms with Gasteiger partial charge in [-0.15, -0.1) is 0 Å². The zero-order valence-electron chi connectivity index (χ0n) is 14.0. The van der Waals surface area contributed by atoms with Crippen molar-refractivity contribution in [3.05, 3.63) is 35.4 Å². The lowest BCUT2D eigenvalue weighted by atomic mass is 10.1. The second-order valence-electron chi connectivity index (χ2n) is 5.52. The molecule has 0 aliphatic heterocycles. The standard InChI is InChI=1S/C18H24N2O3/c1-14(2)8-10-23-17-6-4-15(5-7-17)12-16(13-19)18(21)20-9-11-22-3/h4-7,12,14H,8-11H2,1-3H3,(H,20,21)/b16-12+. The lowest BCUT2D eigenvalue weighted by Crippen LogP contribution is -2.27. The van der Waals surface area contributed by atoms with E-state index in [2.05, 4.69) is 19.2 Å². The zero-order valence-corrected chi connectivity index (χ0v) is 14.0. The van der Waals surface area contributed by atoms with Gasteiger partial charge < -0.3 is 14.8 Å². The van der Waals surface area contributed by atoms with Crippen LogP contribution in [0.1, 0.15) is 25.8 Å². The van der Waals surface area contributed by atoms with Crippen molar-refractivity contribution < 1.29 is 14.3 Å². The van der Waals surface area contributed by atoms with E-state index in [1.165, 1.54) is 0 Å². The second kappa shape index (κ2) is 10.4. The summed E-state index contributed by atoms with van der Waals surface area (Å²) < 4.78 is 10.5. The third-order valence-electron chi connectivity index (χ3n) is 3.11. The molecule has 0 radical (unpaired) electrons. The van der Waals surface area contributed by atoms with E-state index in [4.69, 9.17) is 14.7 Å². The molecule has 5 nitrogen and oxygen atoms in total. The van der Waals surface area contributed by atoms with Crippen LogP contribution in [0.25, 0.3) is 6.08 Å². The first kappa shape index (κ1) is 18.7. The number of ether oxygens (including phenoxy) is 2. The lowest BCUT2D eigenvalue weighted by Gasteiger charge is -2.08. The van der Waals surface area contributed by atoms with Gasteiger partial charge in [-0.2, -0.15) is 5.26 Å². The van der Waals surface area contributed by atoms with Crippen LogP contribution in [0.5, 0.6) is 5.75 Å². The Balaban J connectivity index is 2.63. The van der Waals surface area contributed by atoms with Crippen LogP contribution in [-0.4, -0.2) is 32.8 Å². The molecule has 0 saturated carbocycles. The molecule has 23 heavy (non-hydrogen) atoms. The Morgan fingerprint density at radius 3 is 2.57 bits per heavy atom. The van der Waals surface area contributed by atoms with E-state index in [1.54, 1.807) is 13.2 Å². The maximum absolute atomic E-state index is 11.8. The Morgan fingerprint density at radius 1 is 1.30 bits per heavy atom. The summed E-state index contributed by atoms with van der Waals surface area (Å²) >= 11 is 0. The normalized spacial score (nSPS) is 11.2. The Morgan fingerprint density at radius 2 is 2.00 bits per heavy atom. The third-order valence-corrected chi connectivity index (χ3v) is 3.11. The maximum atomic E-state index is 11.8. The molecule has 0 fully saturated rings. The molecule has 1 aromatic rings. The number of hydrogen-bond donors (Lipinski definition) is 1. The van der Waals surface area contributed by atoms with Crippen LogP contribution in [0.4, 0.5) is 0 Å². The van der Waals surface area contributed by atoms with Crippen LogP contribution in [0.15, 0.2) is 29.8 Å². The van der Waals surface area contributed by atoms with Crippen molar-refractivity contribution in [2.75, 3.05) is 26.9 Å². The first-order valence-corrected chi connectivity index (χ1v) is 7.68. The Labute approximate surface area is 137 Å². The highest BCUT2D eigenvalue weighted by molar-refractivity contribution is 6.01. The van der Waals surface area contributed by atoms with E-state index in [1.807, 2.05) is 30.3 Å². The second-order valence-corrected chi connectivity index (χ2v) is 5.52. The number of carbonyl (C=O) groups is 1. The van der Waals surface area contributed by atoms with Gasteiger partial charge in [0.15, 0.2) is 0 Å². The van der Waals surface area contributed by atoms with E-state index < -0.39 is 5.91 Å². The zero-order chi connectivity index (χ0) is 17.1. The third kappa shape index (κ3) is 7.48. The predicted octanol–water partition coefficient (Wildman–Crippen LogP) is 2.78. The maximum Gasteiger partial charge on any atom is 0.262 e. The number of nitrogens with zero attached hydrogens (tertiary/aromatic N) is 1. The molecule has 0 unspecified atom stereocenters. The summed E-state index contributed by atoms with van der Waals surface area (Å²) in [4.78, 5) is 11.8. The van der Waals surface area contributed by atoms with Crippen LogP contribution < -0.4 is 10.1 Å². The van der Waals surface area contributed by atoms with Crippen LogP contribution in [-0.2, 0) is 9.53 Å². The van der Waals surface area contributed by atoms with Gasteiger partial charge >= 0.3 is 0 Å². The Kier molecular flexibility index (Phi) is 8.48. The van der Waals surface area contributed by atoms with Crippen molar-refractivity contribution >= 4 is 12.0 Å². The van der Waals surface area contributed by atoms with Crippen LogP contribution in [0.3, 0.4) is 0 Å². The van der Waals surface area contributed by atoms with Crippen molar-refractivity contribution in [1.29, 1.82) is 5.26 Å². The molecule has 0 bridgehead atoms. The summed E-state index contributed by atoms with van der Waals surface area (Å²) in [6, 6.07) is 9.24. The van der Waals surface area contributed by atoms with Crippen molar-refractivity contribution in [2.45, 2.75) is 20.3 Å². The number of nitrogens with one attached hydrogen (secondary N) is 1. The minimum Gasteiger partial charge on any atom is -0.494 e. The van der Waals surface area contributed by atoms with Crippen LogP contribution in [0.2, 0.25) is 0 Å². The van der Waals surface area contributed by atoms with Gasteiger partial charge in [0.25, 0.3) is 5.91 Å². The van der Waals surface area contributed by atoms with Gasteiger partial charge in [0.2, 0.25) is 0 Å². The molecule has 5 heteroatoms. The predicted molar refractivity (Wildman–Crippen MR) is 89.9 cm³/mol. The van der Waals surface area contributed by atoms with Gasteiger partial charge in [0.1, 0.15) is 17.4 Å². The van der Waals surface area contributed by atoms with Crippen LogP contribution in [0, 0.1) is 17.2 Å². The van der Waals surface area contributed by atoms with Crippen molar-refractivity contribution in [3.63, 3.8) is 0 Å². The number of nitriles is 1. The fourth-order valence-electron chi connectivity index (χ4n) is 1.75. The summed E-state index contributed by atoms with van der Waals surface area (Å²) in [5.41, 5.74) is 0.842. The molecule has 124 valence electrons. The fraction of sp³-hybridized carbons (Fsp3) is 0.444. The molecule has 0 heterocycles. The summed E-state index contributed by atoms with van der Waals surface area (Å²) in [6.45, 7) is 5.76. The van der Waals surface area contributed by atoms with Gasteiger partial charge in [-0.25, -0.2) is 0 Å². The van der Waals surface area contributed by atoms with Gasteiger partial charge in [-0.3, -0.25) is 4.79 Å². The van der Waals surface area contributed by atoms with Crippen molar-refractivity contribution in [3.8, 4) is 11.8 Å². The summed E-state index contributed by atoms with van der Waals surface area (Å²) in [6.07, 6.45) is 2.56. The van der Waals surface area contributed by atoms with Gasteiger partial charge in [-0.05, 0) is 36.1 Å². The highest BCUT2D eigenvalue weighted by Gasteiger charge is 2.08. The molecule has 0 saturated heterocycles. The molecule has 1 amide bonds. The first-order valence-electron chi connectivity index (χ1n) is 7.68.